The van der Waals surface area contributed by atoms with Crippen LogP contribution in [0.25, 0.3) is 33.6 Å². The Bertz CT molecular complexity index is 2070. The van der Waals surface area contributed by atoms with Gasteiger partial charge in [-0.15, -0.1) is 10.2 Å². The third kappa shape index (κ3) is 8.40. The van der Waals surface area contributed by atoms with E-state index in [9.17, 15) is 14.4 Å². The lowest BCUT2D eigenvalue weighted by atomic mass is 9.81. The fraction of sp³-hybridized carbons (Fsp3) is 0.425. The quantitative estimate of drug-likeness (QED) is 0.135. The highest BCUT2D eigenvalue weighted by Crippen LogP contribution is 2.41. The Kier molecular flexibility index (Phi) is 10.00. The molecule has 13 heteroatoms. The molecule has 1 atom stereocenters. The Balaban J connectivity index is 1.10. The van der Waals surface area contributed by atoms with Crippen LogP contribution in [-0.4, -0.2) is 61.7 Å². The number of rotatable bonds is 11. The molecular weight excluding hydrogens is 672 g/mol. The minimum Gasteiger partial charge on any atom is -0.444 e. The molecule has 2 heterocycles. The van der Waals surface area contributed by atoms with E-state index in [0.29, 0.717) is 42.4 Å². The van der Waals surface area contributed by atoms with E-state index in [1.807, 2.05) is 51.1 Å². The molecule has 0 saturated heterocycles. The number of nitrogens with one attached hydrogen (secondary N) is 2. The number of aryl methyl sites for hydroxylation is 1. The molecular formula is C40H46N8O5. The van der Waals surface area contributed by atoms with E-state index >= 15 is 0 Å². The molecule has 7 rings (SSSR count). The third-order valence-corrected chi connectivity index (χ3v) is 10.1. The molecule has 2 fully saturated rings. The zero-order valence-electron chi connectivity index (χ0n) is 30.6. The number of tetrazole rings is 1. The number of ether oxygens (including phenoxy) is 1. The van der Waals surface area contributed by atoms with Crippen molar-refractivity contribution in [3.8, 4) is 22.5 Å². The first-order valence-electron chi connectivity index (χ1n) is 18.4. The molecule has 13 nitrogen and oxygen atoms in total. The molecule has 0 spiro atoms. The fourth-order valence-corrected chi connectivity index (χ4v) is 7.14. The Morgan fingerprint density at radius 1 is 0.981 bits per heavy atom. The number of aromatic amines is 1. The van der Waals surface area contributed by atoms with Gasteiger partial charge in [-0.25, -0.2) is 9.78 Å². The molecule has 53 heavy (non-hydrogen) atoms. The fourth-order valence-electron chi connectivity index (χ4n) is 7.14. The number of oxazole rings is 1. The summed E-state index contributed by atoms with van der Waals surface area (Å²) < 4.78 is 11.4. The SMILES string of the molecule is Cc1cc2oc(C3CC3)nc2cc1-c1ccc(C[C@@H](C(N)=O)N(C(=O)C2CCC(CNC(=O)OC(C)(C)C)CC2)c2ccc(-c3nn[nH]n3)cc2)cc1. The zero-order valence-corrected chi connectivity index (χ0v) is 30.6. The number of H-pyrrole nitrogens is 1. The van der Waals surface area contributed by atoms with Gasteiger partial charge in [0.15, 0.2) is 11.5 Å². The molecule has 0 bridgehead atoms. The predicted molar refractivity (Wildman–Crippen MR) is 200 cm³/mol. The average Bonchev–Trinajstić information content (AvgIpc) is 3.67. The van der Waals surface area contributed by atoms with Crippen molar-refractivity contribution in [1.82, 2.24) is 30.9 Å². The number of hydrogen-bond donors (Lipinski definition) is 3. The van der Waals surface area contributed by atoms with Crippen LogP contribution in [0.1, 0.15) is 82.2 Å². The van der Waals surface area contributed by atoms with E-state index < -0.39 is 23.6 Å². The molecule has 4 N–H and O–H groups in total. The van der Waals surface area contributed by atoms with Gasteiger partial charge in [0.2, 0.25) is 17.6 Å². The first-order valence-corrected chi connectivity index (χ1v) is 18.4. The number of alkyl carbamates (subject to hydrolysis) is 1. The topological polar surface area (TPSA) is 182 Å². The van der Waals surface area contributed by atoms with Crippen molar-refractivity contribution < 1.29 is 23.5 Å². The number of carbonyl (C=O) groups is 3. The van der Waals surface area contributed by atoms with Gasteiger partial charge in [-0.1, -0.05) is 24.3 Å². The van der Waals surface area contributed by atoms with Gasteiger partial charge in [0.25, 0.3) is 0 Å². The first kappa shape index (κ1) is 35.8. The number of anilines is 1. The minimum absolute atomic E-state index is 0.154. The zero-order chi connectivity index (χ0) is 37.3. The van der Waals surface area contributed by atoms with Crippen LogP contribution in [0.4, 0.5) is 10.5 Å². The predicted octanol–water partition coefficient (Wildman–Crippen LogP) is 6.62. The Hall–Kier alpha value is -5.59. The van der Waals surface area contributed by atoms with E-state index in [1.54, 1.807) is 29.2 Å². The molecule has 0 aliphatic heterocycles. The summed E-state index contributed by atoms with van der Waals surface area (Å²) in [5, 5.41) is 17.1. The molecule has 276 valence electrons. The molecule has 2 aliphatic carbocycles. The second-order valence-electron chi connectivity index (χ2n) is 15.4. The number of nitrogens with two attached hydrogens (primary N) is 1. The number of carbonyl (C=O) groups excluding carboxylic acids is 3. The van der Waals surface area contributed by atoms with Crippen LogP contribution >= 0.6 is 0 Å². The van der Waals surface area contributed by atoms with Gasteiger partial charge in [-0.2, -0.15) is 5.21 Å². The highest BCUT2D eigenvalue weighted by atomic mass is 16.6. The van der Waals surface area contributed by atoms with Crippen molar-refractivity contribution in [2.45, 2.75) is 90.2 Å². The number of nitrogens with zero attached hydrogens (tertiary/aromatic N) is 5. The standard InChI is InChI=1S/C40H46N8O5/c1-23-19-34-32(43-37(52-34)28-13-14-28)21-31(23)26-9-5-24(6-10-26)20-33(35(41)49)48(30-17-15-27(16-18-30)36-44-46-47-45-36)38(50)29-11-7-25(8-12-29)22-42-39(51)53-40(2,3)4/h5-6,9-10,15-19,21,25,28-29,33H,7-8,11-14,20,22H2,1-4H3,(H2,41,49)(H,42,51)(H,44,45,46,47)/t25?,29?,33-/m0/s1. The van der Waals surface area contributed by atoms with Crippen LogP contribution in [0, 0.1) is 18.8 Å². The second-order valence-corrected chi connectivity index (χ2v) is 15.4. The molecule has 5 aromatic rings. The monoisotopic (exact) mass is 718 g/mol. The highest BCUT2D eigenvalue weighted by Gasteiger charge is 2.36. The van der Waals surface area contributed by atoms with Crippen LogP contribution in [0.2, 0.25) is 0 Å². The van der Waals surface area contributed by atoms with Crippen molar-refractivity contribution in [2.24, 2.45) is 17.6 Å². The van der Waals surface area contributed by atoms with Crippen LogP contribution < -0.4 is 16.0 Å². The summed E-state index contributed by atoms with van der Waals surface area (Å²) in [6, 6.07) is 18.4. The maximum Gasteiger partial charge on any atom is 0.407 e. The van der Waals surface area contributed by atoms with E-state index in [0.717, 1.165) is 64.9 Å². The number of aromatic nitrogens is 5. The minimum atomic E-state index is -0.940. The molecule has 2 aliphatic rings. The summed E-state index contributed by atoms with van der Waals surface area (Å²) in [6.45, 7) is 8.02. The summed E-state index contributed by atoms with van der Waals surface area (Å²) in [5.41, 5.74) is 12.5. The van der Waals surface area contributed by atoms with Gasteiger partial charge in [0.05, 0.1) is 0 Å². The smallest absolute Gasteiger partial charge is 0.407 e. The lowest BCUT2D eigenvalue weighted by Crippen LogP contribution is -2.52. The molecule has 3 amide bonds. The van der Waals surface area contributed by atoms with Gasteiger partial charge in [0, 0.05) is 36.1 Å². The average molecular weight is 719 g/mol. The van der Waals surface area contributed by atoms with E-state index in [2.05, 4.69) is 38.9 Å². The molecule has 3 aromatic carbocycles. The summed E-state index contributed by atoms with van der Waals surface area (Å²) in [7, 11) is 0. The first-order chi connectivity index (χ1) is 25.4. The van der Waals surface area contributed by atoms with E-state index in [4.69, 9.17) is 19.9 Å². The highest BCUT2D eigenvalue weighted by molar-refractivity contribution is 6.02. The van der Waals surface area contributed by atoms with E-state index in [1.165, 1.54) is 0 Å². The van der Waals surface area contributed by atoms with Gasteiger partial charge < -0.3 is 20.2 Å². The number of amides is 3. The number of benzene rings is 3. The lowest BCUT2D eigenvalue weighted by Gasteiger charge is -2.36. The summed E-state index contributed by atoms with van der Waals surface area (Å²) in [5.74, 6) is 0.813. The van der Waals surface area contributed by atoms with Crippen molar-refractivity contribution in [2.75, 3.05) is 11.4 Å². The summed E-state index contributed by atoms with van der Waals surface area (Å²) in [4.78, 5) is 46.3. The van der Waals surface area contributed by atoms with Gasteiger partial charge in [0.1, 0.15) is 17.2 Å². The molecule has 2 aromatic heterocycles. The largest absolute Gasteiger partial charge is 0.444 e. The van der Waals surface area contributed by atoms with Crippen LogP contribution in [0.5, 0.6) is 0 Å². The van der Waals surface area contributed by atoms with Crippen molar-refractivity contribution >= 4 is 34.7 Å². The Labute approximate surface area is 308 Å². The van der Waals surface area contributed by atoms with Gasteiger partial charge in [-0.3, -0.25) is 14.5 Å². The van der Waals surface area contributed by atoms with Gasteiger partial charge in [-0.05, 0) is 136 Å². The maximum atomic E-state index is 14.5. The van der Waals surface area contributed by atoms with Crippen LogP contribution in [0.15, 0.2) is 65.1 Å². The number of fused-ring (bicyclic) bond motifs is 1. The van der Waals surface area contributed by atoms with E-state index in [-0.39, 0.29) is 24.2 Å². The number of hydrogen-bond acceptors (Lipinski definition) is 9. The second kappa shape index (κ2) is 14.8. The van der Waals surface area contributed by atoms with Crippen molar-refractivity contribution in [3.05, 3.63) is 77.7 Å². The van der Waals surface area contributed by atoms with Gasteiger partial charge >= 0.3 is 6.09 Å². The Morgan fingerprint density at radius 2 is 1.68 bits per heavy atom. The molecule has 2 saturated carbocycles. The molecule has 0 unspecified atom stereocenters. The van der Waals surface area contributed by atoms with Crippen LogP contribution in [-0.2, 0) is 20.7 Å². The number of primary amides is 1. The normalized spacial score (nSPS) is 18.0. The Morgan fingerprint density at radius 3 is 2.30 bits per heavy atom. The maximum absolute atomic E-state index is 14.5. The third-order valence-electron chi connectivity index (χ3n) is 10.1. The van der Waals surface area contributed by atoms with Crippen molar-refractivity contribution in [3.63, 3.8) is 0 Å². The lowest BCUT2D eigenvalue weighted by molar-refractivity contribution is -0.127. The summed E-state index contributed by atoms with van der Waals surface area (Å²) >= 11 is 0. The van der Waals surface area contributed by atoms with Crippen LogP contribution in [0.3, 0.4) is 0 Å². The summed E-state index contributed by atoms with van der Waals surface area (Å²) in [6.07, 6.45) is 4.77. The van der Waals surface area contributed by atoms with Crippen molar-refractivity contribution in [1.29, 1.82) is 0 Å². The molecule has 0 radical (unpaired) electrons.